The van der Waals surface area contributed by atoms with E-state index in [1.807, 2.05) is 13.8 Å². The number of hydrogen-bond donors (Lipinski definition) is 3. The minimum atomic E-state index is 0.0139. The molecular formula is C11H25N5O. The molecule has 0 aliphatic rings. The Balaban J connectivity index is 4.11. The largest absolute Gasteiger partial charge is 0.355 e. The molecule has 0 saturated heterocycles. The van der Waals surface area contributed by atoms with Crippen LogP contribution in [0.3, 0.4) is 0 Å². The van der Waals surface area contributed by atoms with Gasteiger partial charge in [-0.2, -0.15) is 0 Å². The maximum atomic E-state index is 11.7. The lowest BCUT2D eigenvalue weighted by molar-refractivity contribution is -0.129. The van der Waals surface area contributed by atoms with E-state index in [2.05, 4.69) is 22.7 Å². The highest BCUT2D eigenvalue weighted by Gasteiger charge is 2.08. The maximum Gasteiger partial charge on any atom is 0.244 e. The number of rotatable bonds is 7. The van der Waals surface area contributed by atoms with E-state index in [-0.39, 0.29) is 12.5 Å². The summed E-state index contributed by atoms with van der Waals surface area (Å²) in [4.78, 5) is 17.5. The van der Waals surface area contributed by atoms with E-state index in [1.165, 1.54) is 0 Å². The maximum absolute atomic E-state index is 11.7. The van der Waals surface area contributed by atoms with Crippen molar-refractivity contribution in [3.8, 4) is 0 Å². The topological polar surface area (TPSA) is 82.8 Å². The Labute approximate surface area is 104 Å². The van der Waals surface area contributed by atoms with Crippen molar-refractivity contribution in [2.45, 2.75) is 33.6 Å². The molecule has 100 valence electrons. The predicted molar refractivity (Wildman–Crippen MR) is 70.5 cm³/mol. The van der Waals surface area contributed by atoms with Crippen molar-refractivity contribution in [3.05, 3.63) is 0 Å². The number of carbonyl (C=O) groups is 1. The molecule has 0 aromatic rings. The Bertz CT molecular complexity index is 238. The monoisotopic (exact) mass is 243 g/mol. The van der Waals surface area contributed by atoms with Crippen LogP contribution >= 0.6 is 0 Å². The fourth-order valence-corrected chi connectivity index (χ4v) is 1.36. The molecule has 0 unspecified atom stereocenters. The number of unbranched alkanes of at least 4 members (excludes halogenated alkanes) is 1. The van der Waals surface area contributed by atoms with Crippen LogP contribution in [-0.4, -0.2) is 42.9 Å². The second-order valence-corrected chi connectivity index (χ2v) is 3.66. The minimum Gasteiger partial charge on any atom is -0.355 e. The number of carbonyl (C=O) groups excluding carboxylic acids is 1. The average molecular weight is 243 g/mol. The van der Waals surface area contributed by atoms with Gasteiger partial charge in [0.25, 0.3) is 0 Å². The Morgan fingerprint density at radius 1 is 1.29 bits per heavy atom. The molecule has 0 rings (SSSR count). The minimum absolute atomic E-state index is 0.0139. The van der Waals surface area contributed by atoms with Gasteiger partial charge in [0.15, 0.2) is 0 Å². The third-order valence-electron chi connectivity index (χ3n) is 2.45. The van der Waals surface area contributed by atoms with Gasteiger partial charge in [-0.1, -0.05) is 13.3 Å². The molecular weight excluding hydrogens is 218 g/mol. The lowest BCUT2D eigenvalue weighted by Crippen LogP contribution is -2.43. The highest BCUT2D eigenvalue weighted by molar-refractivity contribution is 5.84. The lowest BCUT2D eigenvalue weighted by atomic mass is 10.3. The molecule has 0 fully saturated rings. The number of likely N-dealkylation sites (N-methyl/N-ethyl adjacent to an activating group) is 1. The first-order chi connectivity index (χ1) is 8.19. The van der Waals surface area contributed by atoms with Gasteiger partial charge in [-0.05, 0) is 20.3 Å². The van der Waals surface area contributed by atoms with E-state index in [9.17, 15) is 4.79 Å². The van der Waals surface area contributed by atoms with Crippen molar-refractivity contribution in [3.63, 3.8) is 0 Å². The summed E-state index contributed by atoms with van der Waals surface area (Å²) in [7, 11) is 0. The lowest BCUT2D eigenvalue weighted by Gasteiger charge is -2.17. The molecule has 0 heterocycles. The van der Waals surface area contributed by atoms with Crippen LogP contribution in [0.4, 0.5) is 0 Å². The standard InChI is InChI=1S/C11H25N5O/c1-4-7-8-13-11(15-12)14-9-10(17)16(5-2)6-3/h4-9,12H2,1-3H3,(H2,13,14,15). The molecule has 4 N–H and O–H groups in total. The number of nitrogens with one attached hydrogen (secondary N) is 2. The van der Waals surface area contributed by atoms with Crippen LogP contribution in [0.25, 0.3) is 0 Å². The first kappa shape index (κ1) is 15.7. The number of aliphatic imine (C=N–C) groups is 1. The molecule has 0 radical (unpaired) electrons. The van der Waals surface area contributed by atoms with Crippen LogP contribution in [0, 0.1) is 0 Å². The molecule has 0 aromatic heterocycles. The summed E-state index contributed by atoms with van der Waals surface area (Å²) < 4.78 is 0. The van der Waals surface area contributed by atoms with Gasteiger partial charge in [-0.25, -0.2) is 10.8 Å². The Morgan fingerprint density at radius 2 is 1.94 bits per heavy atom. The SMILES string of the molecule is CCCCNC(=NCC(=O)N(CC)CC)NN. The summed E-state index contributed by atoms with van der Waals surface area (Å²) in [6.07, 6.45) is 2.15. The number of guanidine groups is 1. The van der Waals surface area contributed by atoms with Crippen LogP contribution in [0.15, 0.2) is 4.99 Å². The number of hydrogen-bond acceptors (Lipinski definition) is 3. The van der Waals surface area contributed by atoms with Crippen LogP contribution < -0.4 is 16.6 Å². The van der Waals surface area contributed by atoms with Gasteiger partial charge in [0, 0.05) is 19.6 Å². The zero-order valence-electron chi connectivity index (χ0n) is 11.1. The number of nitrogens with two attached hydrogens (primary N) is 1. The number of hydrazine groups is 1. The molecule has 0 saturated carbocycles. The van der Waals surface area contributed by atoms with E-state index in [0.29, 0.717) is 19.0 Å². The average Bonchev–Trinajstić information content (AvgIpc) is 2.35. The molecule has 0 aliphatic heterocycles. The normalized spacial score (nSPS) is 11.2. The molecule has 1 amide bonds. The molecule has 0 bridgehead atoms. The third-order valence-corrected chi connectivity index (χ3v) is 2.45. The zero-order valence-corrected chi connectivity index (χ0v) is 11.1. The van der Waals surface area contributed by atoms with Gasteiger partial charge in [0.05, 0.1) is 0 Å². The fourth-order valence-electron chi connectivity index (χ4n) is 1.36. The van der Waals surface area contributed by atoms with Crippen molar-refractivity contribution in [2.75, 3.05) is 26.2 Å². The van der Waals surface area contributed by atoms with E-state index in [0.717, 1.165) is 19.4 Å². The highest BCUT2D eigenvalue weighted by Crippen LogP contribution is 1.89. The zero-order chi connectivity index (χ0) is 13.1. The van der Waals surface area contributed by atoms with Gasteiger partial charge in [-0.3, -0.25) is 10.2 Å². The van der Waals surface area contributed by atoms with E-state index in [4.69, 9.17) is 5.84 Å². The molecule has 0 atom stereocenters. The summed E-state index contributed by atoms with van der Waals surface area (Å²) in [5, 5.41) is 3.04. The quantitative estimate of drug-likeness (QED) is 0.194. The van der Waals surface area contributed by atoms with Crippen molar-refractivity contribution >= 4 is 11.9 Å². The Kier molecular flexibility index (Phi) is 9.14. The van der Waals surface area contributed by atoms with Crippen LogP contribution in [0.2, 0.25) is 0 Å². The molecule has 0 aliphatic carbocycles. The molecule has 6 heteroatoms. The highest BCUT2D eigenvalue weighted by atomic mass is 16.2. The van der Waals surface area contributed by atoms with Crippen molar-refractivity contribution in [1.82, 2.24) is 15.6 Å². The molecule has 6 nitrogen and oxygen atoms in total. The second kappa shape index (κ2) is 9.89. The van der Waals surface area contributed by atoms with Gasteiger partial charge in [-0.15, -0.1) is 0 Å². The summed E-state index contributed by atoms with van der Waals surface area (Å²) in [5.41, 5.74) is 2.46. The summed E-state index contributed by atoms with van der Waals surface area (Å²) in [6.45, 7) is 8.36. The van der Waals surface area contributed by atoms with Gasteiger partial charge in [0.2, 0.25) is 11.9 Å². The Morgan fingerprint density at radius 3 is 2.41 bits per heavy atom. The third kappa shape index (κ3) is 6.78. The van der Waals surface area contributed by atoms with Crippen molar-refractivity contribution < 1.29 is 4.79 Å². The Hall–Kier alpha value is -1.30. The summed E-state index contributed by atoms with van der Waals surface area (Å²) >= 11 is 0. The van der Waals surface area contributed by atoms with Crippen LogP contribution in [-0.2, 0) is 4.79 Å². The first-order valence-corrected chi connectivity index (χ1v) is 6.22. The fraction of sp³-hybridized carbons (Fsp3) is 0.818. The van der Waals surface area contributed by atoms with E-state index in [1.54, 1.807) is 4.90 Å². The molecule has 0 aromatic carbocycles. The van der Waals surface area contributed by atoms with Crippen LogP contribution in [0.5, 0.6) is 0 Å². The second-order valence-electron chi connectivity index (χ2n) is 3.66. The smallest absolute Gasteiger partial charge is 0.244 e. The van der Waals surface area contributed by atoms with Crippen molar-refractivity contribution in [2.24, 2.45) is 10.8 Å². The molecule has 17 heavy (non-hydrogen) atoms. The molecule has 0 spiro atoms. The van der Waals surface area contributed by atoms with Gasteiger partial charge >= 0.3 is 0 Å². The number of nitrogens with zero attached hydrogens (tertiary/aromatic N) is 2. The summed E-state index contributed by atoms with van der Waals surface area (Å²) in [5.74, 6) is 5.80. The van der Waals surface area contributed by atoms with Gasteiger partial charge in [0.1, 0.15) is 6.54 Å². The van der Waals surface area contributed by atoms with Crippen LogP contribution in [0.1, 0.15) is 33.6 Å². The van der Waals surface area contributed by atoms with Crippen molar-refractivity contribution in [1.29, 1.82) is 0 Å². The number of amides is 1. The van der Waals surface area contributed by atoms with E-state index >= 15 is 0 Å². The predicted octanol–water partition coefficient (Wildman–Crippen LogP) is 0.0638. The van der Waals surface area contributed by atoms with E-state index < -0.39 is 0 Å². The van der Waals surface area contributed by atoms with Gasteiger partial charge < -0.3 is 10.2 Å². The first-order valence-electron chi connectivity index (χ1n) is 6.22. The summed E-state index contributed by atoms with van der Waals surface area (Å²) in [6, 6.07) is 0.